The molecule has 0 aliphatic carbocycles. The second-order valence-corrected chi connectivity index (χ2v) is 5.94. The van der Waals surface area contributed by atoms with Crippen LogP contribution in [0.3, 0.4) is 0 Å². The molecular weight excluding hydrogens is 278 g/mol. The monoisotopic (exact) mass is 299 g/mol. The highest BCUT2D eigenvalue weighted by atomic mass is 32.2. The molecule has 0 bridgehead atoms. The largest absolute Gasteiger partial charge is 0.342 e. The van der Waals surface area contributed by atoms with Gasteiger partial charge in [0.15, 0.2) is 0 Å². The summed E-state index contributed by atoms with van der Waals surface area (Å²) in [4.78, 5) is 13.5. The first kappa shape index (κ1) is 16.6. The maximum absolute atomic E-state index is 12.2. The lowest BCUT2D eigenvalue weighted by atomic mass is 10.2. The Bertz CT molecular complexity index is 554. The van der Waals surface area contributed by atoms with Crippen molar-refractivity contribution < 1.29 is 13.2 Å². The third-order valence-corrected chi connectivity index (χ3v) is 4.51. The van der Waals surface area contributed by atoms with Crippen molar-refractivity contribution in [1.82, 2.24) is 9.62 Å². The van der Waals surface area contributed by atoms with Crippen LogP contribution in [0.25, 0.3) is 0 Å². The number of rotatable bonds is 7. The van der Waals surface area contributed by atoms with Crippen molar-refractivity contribution in [3.05, 3.63) is 29.8 Å². The molecule has 1 amide bonds. The Hall–Kier alpha value is -1.44. The average Bonchev–Trinajstić information content (AvgIpc) is 2.46. The summed E-state index contributed by atoms with van der Waals surface area (Å²) in [5, 5.41) is 0. The van der Waals surface area contributed by atoms with Crippen LogP contribution >= 0.6 is 0 Å². The van der Waals surface area contributed by atoms with E-state index >= 15 is 0 Å². The number of carbonyl (C=O) groups is 1. The molecule has 0 radical (unpaired) electrons. The summed E-state index contributed by atoms with van der Waals surface area (Å²) in [5.41, 5.74) is 6.05. The van der Waals surface area contributed by atoms with E-state index in [0.717, 1.165) is 0 Å². The van der Waals surface area contributed by atoms with Gasteiger partial charge in [0.1, 0.15) is 0 Å². The fourth-order valence-corrected chi connectivity index (χ4v) is 3.08. The van der Waals surface area contributed by atoms with Crippen molar-refractivity contribution in [1.29, 1.82) is 0 Å². The number of carbonyl (C=O) groups excluding carboxylic acids is 1. The standard InChI is InChI=1S/C13H21N3O3S/c1-3-16(4-2)13(17)10-15-20(18,19)12-8-6-5-7-11(12)9-14/h5-8,15H,3-4,9-10,14H2,1-2H3. The number of hydrogen-bond acceptors (Lipinski definition) is 4. The van der Waals surface area contributed by atoms with E-state index in [4.69, 9.17) is 5.73 Å². The molecule has 0 aliphatic heterocycles. The summed E-state index contributed by atoms with van der Waals surface area (Å²) in [6, 6.07) is 6.48. The number of amides is 1. The maximum atomic E-state index is 12.2. The van der Waals surface area contributed by atoms with Crippen LogP contribution in [-0.2, 0) is 21.4 Å². The Labute approximate surface area is 120 Å². The normalized spacial score (nSPS) is 11.3. The number of benzene rings is 1. The third kappa shape index (κ3) is 4.03. The van der Waals surface area contributed by atoms with Crippen LogP contribution in [0.15, 0.2) is 29.2 Å². The van der Waals surface area contributed by atoms with E-state index in [1.807, 2.05) is 13.8 Å². The molecule has 7 heteroatoms. The zero-order chi connectivity index (χ0) is 15.2. The van der Waals surface area contributed by atoms with E-state index in [1.54, 1.807) is 23.1 Å². The molecule has 112 valence electrons. The van der Waals surface area contributed by atoms with Crippen molar-refractivity contribution >= 4 is 15.9 Å². The van der Waals surface area contributed by atoms with E-state index in [1.165, 1.54) is 6.07 Å². The van der Waals surface area contributed by atoms with Crippen LogP contribution in [0.4, 0.5) is 0 Å². The number of nitrogens with zero attached hydrogens (tertiary/aromatic N) is 1. The lowest BCUT2D eigenvalue weighted by Crippen LogP contribution is -2.40. The minimum absolute atomic E-state index is 0.120. The predicted octanol–water partition coefficient (Wildman–Crippen LogP) is 0.292. The molecule has 1 rings (SSSR count). The fraction of sp³-hybridized carbons (Fsp3) is 0.462. The lowest BCUT2D eigenvalue weighted by Gasteiger charge is -2.19. The van der Waals surface area contributed by atoms with E-state index < -0.39 is 10.0 Å². The second-order valence-electron chi connectivity index (χ2n) is 4.20. The van der Waals surface area contributed by atoms with Gasteiger partial charge in [0.25, 0.3) is 0 Å². The van der Waals surface area contributed by atoms with Crippen LogP contribution in [0.2, 0.25) is 0 Å². The number of likely N-dealkylation sites (N-methyl/N-ethyl adjacent to an activating group) is 1. The molecular formula is C13H21N3O3S. The van der Waals surface area contributed by atoms with Gasteiger partial charge >= 0.3 is 0 Å². The summed E-state index contributed by atoms with van der Waals surface area (Å²) < 4.78 is 26.7. The summed E-state index contributed by atoms with van der Waals surface area (Å²) in [7, 11) is -3.73. The molecule has 3 N–H and O–H groups in total. The molecule has 0 fully saturated rings. The Balaban J connectivity index is 2.83. The minimum Gasteiger partial charge on any atom is -0.342 e. The fourth-order valence-electron chi connectivity index (χ4n) is 1.86. The second kappa shape index (κ2) is 7.37. The zero-order valence-electron chi connectivity index (χ0n) is 11.8. The molecule has 0 aliphatic rings. The molecule has 20 heavy (non-hydrogen) atoms. The van der Waals surface area contributed by atoms with E-state index in [9.17, 15) is 13.2 Å². The first-order valence-electron chi connectivity index (χ1n) is 6.51. The van der Waals surface area contributed by atoms with Crippen molar-refractivity contribution in [3.63, 3.8) is 0 Å². The molecule has 1 aromatic carbocycles. The van der Waals surface area contributed by atoms with E-state index in [2.05, 4.69) is 4.72 Å². The topological polar surface area (TPSA) is 92.5 Å². The van der Waals surface area contributed by atoms with Gasteiger partial charge in [0, 0.05) is 19.6 Å². The van der Waals surface area contributed by atoms with Crippen molar-refractivity contribution in [2.45, 2.75) is 25.3 Å². The molecule has 0 saturated heterocycles. The van der Waals surface area contributed by atoms with Crippen molar-refractivity contribution in [2.24, 2.45) is 5.73 Å². The third-order valence-electron chi connectivity index (χ3n) is 3.01. The predicted molar refractivity (Wildman–Crippen MR) is 77.4 cm³/mol. The van der Waals surface area contributed by atoms with Gasteiger partial charge in [0.2, 0.25) is 15.9 Å². The van der Waals surface area contributed by atoms with E-state index in [0.29, 0.717) is 18.7 Å². The van der Waals surface area contributed by atoms with Crippen LogP contribution in [0.5, 0.6) is 0 Å². The Morgan fingerprint density at radius 1 is 1.25 bits per heavy atom. The highest BCUT2D eigenvalue weighted by Gasteiger charge is 2.19. The first-order chi connectivity index (χ1) is 9.46. The molecule has 0 atom stereocenters. The molecule has 0 saturated carbocycles. The Morgan fingerprint density at radius 3 is 2.40 bits per heavy atom. The molecule has 6 nitrogen and oxygen atoms in total. The Kier molecular flexibility index (Phi) is 6.12. The number of nitrogens with one attached hydrogen (secondary N) is 1. The van der Waals surface area contributed by atoms with Crippen LogP contribution in [-0.4, -0.2) is 38.9 Å². The molecule has 0 spiro atoms. The van der Waals surface area contributed by atoms with Gasteiger partial charge in [-0.2, -0.15) is 0 Å². The highest BCUT2D eigenvalue weighted by molar-refractivity contribution is 7.89. The lowest BCUT2D eigenvalue weighted by molar-refractivity contribution is -0.129. The van der Waals surface area contributed by atoms with Gasteiger partial charge in [-0.15, -0.1) is 0 Å². The van der Waals surface area contributed by atoms with Crippen LogP contribution in [0.1, 0.15) is 19.4 Å². The van der Waals surface area contributed by atoms with Gasteiger partial charge in [-0.3, -0.25) is 4.79 Å². The van der Waals surface area contributed by atoms with Crippen molar-refractivity contribution in [2.75, 3.05) is 19.6 Å². The average molecular weight is 299 g/mol. The molecule has 0 unspecified atom stereocenters. The van der Waals surface area contributed by atoms with Crippen LogP contribution < -0.4 is 10.5 Å². The number of sulfonamides is 1. The van der Waals surface area contributed by atoms with Gasteiger partial charge in [-0.1, -0.05) is 18.2 Å². The maximum Gasteiger partial charge on any atom is 0.241 e. The summed E-state index contributed by atoms with van der Waals surface area (Å²) in [6.07, 6.45) is 0. The van der Waals surface area contributed by atoms with Gasteiger partial charge in [-0.05, 0) is 25.5 Å². The van der Waals surface area contributed by atoms with Gasteiger partial charge in [-0.25, -0.2) is 13.1 Å². The van der Waals surface area contributed by atoms with Gasteiger partial charge < -0.3 is 10.6 Å². The van der Waals surface area contributed by atoms with Gasteiger partial charge in [0.05, 0.1) is 11.4 Å². The first-order valence-corrected chi connectivity index (χ1v) is 8.00. The molecule has 0 heterocycles. The Morgan fingerprint density at radius 2 is 1.85 bits per heavy atom. The number of nitrogens with two attached hydrogens (primary N) is 1. The van der Waals surface area contributed by atoms with Crippen molar-refractivity contribution in [3.8, 4) is 0 Å². The zero-order valence-corrected chi connectivity index (χ0v) is 12.6. The summed E-state index contributed by atoms with van der Waals surface area (Å²) in [6.45, 7) is 4.68. The SMILES string of the molecule is CCN(CC)C(=O)CNS(=O)(=O)c1ccccc1CN. The highest BCUT2D eigenvalue weighted by Crippen LogP contribution is 2.14. The van der Waals surface area contributed by atoms with E-state index in [-0.39, 0.29) is 23.9 Å². The quantitative estimate of drug-likeness (QED) is 0.757. The smallest absolute Gasteiger partial charge is 0.241 e. The molecule has 1 aromatic rings. The molecule has 0 aromatic heterocycles. The van der Waals surface area contributed by atoms with Crippen LogP contribution in [0, 0.1) is 0 Å². The summed E-state index contributed by atoms with van der Waals surface area (Å²) >= 11 is 0. The minimum atomic E-state index is -3.73. The number of hydrogen-bond donors (Lipinski definition) is 2. The summed E-state index contributed by atoms with van der Waals surface area (Å²) in [5.74, 6) is -0.246.